The van der Waals surface area contributed by atoms with Gasteiger partial charge in [0.2, 0.25) is 0 Å². The van der Waals surface area contributed by atoms with Gasteiger partial charge in [-0.1, -0.05) is 24.3 Å². The molecular weight excluding hydrogens is 408 g/mol. The third-order valence-electron chi connectivity index (χ3n) is 4.40. The maximum absolute atomic E-state index is 12.9. The summed E-state index contributed by atoms with van der Waals surface area (Å²) in [6.07, 6.45) is -1.42. The predicted molar refractivity (Wildman–Crippen MR) is 111 cm³/mol. The number of rotatable bonds is 7. The van der Waals surface area contributed by atoms with E-state index >= 15 is 0 Å². The molecule has 0 aliphatic carbocycles. The Morgan fingerprint density at radius 2 is 1.84 bits per heavy atom. The summed E-state index contributed by atoms with van der Waals surface area (Å²) in [6.45, 7) is 2.44. The minimum atomic E-state index is -2.68. The van der Waals surface area contributed by atoms with Gasteiger partial charge < -0.3 is 15.2 Å². The fourth-order valence-corrected chi connectivity index (χ4v) is 2.82. The summed E-state index contributed by atoms with van der Waals surface area (Å²) in [5.74, 6) is -0.625. The van der Waals surface area contributed by atoms with E-state index in [4.69, 9.17) is 4.74 Å². The summed E-state index contributed by atoms with van der Waals surface area (Å²) in [4.78, 5) is 25.5. The molecule has 0 radical (unpaired) electrons. The number of para-hydroxylation sites is 2. The number of carbonyl (C=O) groups excluding carboxylic acids is 1. The summed E-state index contributed by atoms with van der Waals surface area (Å²) < 4.78 is 31.0. The molecule has 31 heavy (non-hydrogen) atoms. The van der Waals surface area contributed by atoms with Crippen molar-refractivity contribution in [2.45, 2.75) is 25.9 Å². The smallest absolute Gasteiger partial charge is 0.284 e. The molecule has 1 heterocycles. The number of aliphatic hydroxyl groups is 1. The second-order valence-electron chi connectivity index (χ2n) is 7.22. The van der Waals surface area contributed by atoms with Gasteiger partial charge in [0.15, 0.2) is 0 Å². The van der Waals surface area contributed by atoms with Gasteiger partial charge >= 0.3 is 0 Å². The Morgan fingerprint density at radius 1 is 1.16 bits per heavy atom. The highest BCUT2D eigenvalue weighted by atomic mass is 19.3. The minimum Gasteiger partial charge on any atom is -0.485 e. The van der Waals surface area contributed by atoms with E-state index in [9.17, 15) is 23.5 Å². The fourth-order valence-electron chi connectivity index (χ4n) is 2.82. The SMILES string of the molecule is CC(C)(O)c1ccc(NC(=O)c2ccnn(-c3ccccc3OCC(F)F)c2=O)cc1. The molecule has 3 aromatic rings. The number of hydrogen-bond donors (Lipinski definition) is 2. The van der Waals surface area contributed by atoms with Gasteiger partial charge in [-0.25, -0.2) is 8.78 Å². The first-order valence-electron chi connectivity index (χ1n) is 9.40. The van der Waals surface area contributed by atoms with E-state index in [1.165, 1.54) is 24.4 Å². The maximum Gasteiger partial charge on any atom is 0.284 e. The van der Waals surface area contributed by atoms with Crippen LogP contribution >= 0.6 is 0 Å². The Kier molecular flexibility index (Phi) is 6.45. The number of hydrogen-bond acceptors (Lipinski definition) is 5. The van der Waals surface area contributed by atoms with E-state index in [-0.39, 0.29) is 17.0 Å². The zero-order valence-corrected chi connectivity index (χ0v) is 16.9. The molecule has 7 nitrogen and oxygen atoms in total. The molecule has 0 saturated heterocycles. The Hall–Kier alpha value is -3.59. The predicted octanol–water partition coefficient (Wildman–Crippen LogP) is 3.36. The van der Waals surface area contributed by atoms with Crippen LogP contribution in [0, 0.1) is 0 Å². The van der Waals surface area contributed by atoms with Crippen molar-refractivity contribution in [3.8, 4) is 11.4 Å². The number of benzene rings is 2. The number of nitrogens with one attached hydrogen (secondary N) is 1. The molecule has 0 bridgehead atoms. The fraction of sp³-hybridized carbons (Fsp3) is 0.227. The monoisotopic (exact) mass is 429 g/mol. The average Bonchev–Trinajstić information content (AvgIpc) is 2.72. The minimum absolute atomic E-state index is 0.0390. The van der Waals surface area contributed by atoms with Crippen molar-refractivity contribution < 1.29 is 23.4 Å². The van der Waals surface area contributed by atoms with Crippen molar-refractivity contribution >= 4 is 11.6 Å². The van der Waals surface area contributed by atoms with Crippen LogP contribution in [0.2, 0.25) is 0 Å². The standard InChI is InChI=1S/C22H21F2N3O4/c1-22(2,30)14-7-9-15(10-8-14)26-20(28)16-11-12-25-27(21(16)29)17-5-3-4-6-18(17)31-13-19(23)24/h3-12,19,30H,13H2,1-2H3,(H,26,28). The quantitative estimate of drug-likeness (QED) is 0.601. The van der Waals surface area contributed by atoms with E-state index in [1.54, 1.807) is 50.2 Å². The van der Waals surface area contributed by atoms with Gasteiger partial charge in [0, 0.05) is 11.9 Å². The second kappa shape index (κ2) is 9.05. The van der Waals surface area contributed by atoms with Crippen LogP contribution < -0.4 is 15.6 Å². The third-order valence-corrected chi connectivity index (χ3v) is 4.40. The second-order valence-corrected chi connectivity index (χ2v) is 7.22. The van der Waals surface area contributed by atoms with Crippen molar-refractivity contribution in [3.63, 3.8) is 0 Å². The van der Waals surface area contributed by atoms with Crippen molar-refractivity contribution in [2.24, 2.45) is 0 Å². The largest absolute Gasteiger partial charge is 0.485 e. The zero-order chi connectivity index (χ0) is 22.6. The van der Waals surface area contributed by atoms with Crippen LogP contribution in [0.3, 0.4) is 0 Å². The molecule has 1 aromatic heterocycles. The van der Waals surface area contributed by atoms with E-state index in [2.05, 4.69) is 10.4 Å². The maximum atomic E-state index is 12.9. The van der Waals surface area contributed by atoms with Gasteiger partial charge in [0.1, 0.15) is 23.6 Å². The lowest BCUT2D eigenvalue weighted by Crippen LogP contribution is -2.30. The molecule has 2 aromatic carbocycles. The zero-order valence-electron chi connectivity index (χ0n) is 16.9. The van der Waals surface area contributed by atoms with E-state index in [1.807, 2.05) is 0 Å². The number of nitrogens with zero attached hydrogens (tertiary/aromatic N) is 2. The van der Waals surface area contributed by atoms with Crippen molar-refractivity contribution in [1.82, 2.24) is 9.78 Å². The van der Waals surface area contributed by atoms with Gasteiger partial charge in [0.05, 0.1) is 5.60 Å². The molecule has 0 aliphatic heterocycles. The van der Waals surface area contributed by atoms with Gasteiger partial charge in [-0.3, -0.25) is 9.59 Å². The molecule has 162 valence electrons. The van der Waals surface area contributed by atoms with Crippen molar-refractivity contribution in [3.05, 3.63) is 82.3 Å². The third kappa shape index (κ3) is 5.32. The van der Waals surface area contributed by atoms with E-state index < -0.39 is 30.1 Å². The number of halogens is 2. The molecule has 0 fully saturated rings. The lowest BCUT2D eigenvalue weighted by Gasteiger charge is -2.18. The number of ether oxygens (including phenoxy) is 1. The van der Waals surface area contributed by atoms with Crippen LogP contribution in [0.25, 0.3) is 5.69 Å². The Labute approximate surface area is 176 Å². The summed E-state index contributed by atoms with van der Waals surface area (Å²) in [6, 6.07) is 13.9. The summed E-state index contributed by atoms with van der Waals surface area (Å²) >= 11 is 0. The van der Waals surface area contributed by atoms with Crippen LogP contribution in [-0.4, -0.2) is 33.8 Å². The molecule has 1 amide bonds. The van der Waals surface area contributed by atoms with E-state index in [0.717, 1.165) is 4.68 Å². The van der Waals surface area contributed by atoms with E-state index in [0.29, 0.717) is 11.3 Å². The molecule has 0 unspecified atom stereocenters. The number of aromatic nitrogens is 2. The van der Waals surface area contributed by atoms with Crippen LogP contribution in [0.5, 0.6) is 5.75 Å². The number of alkyl halides is 2. The van der Waals surface area contributed by atoms with Gasteiger partial charge in [-0.15, -0.1) is 0 Å². The van der Waals surface area contributed by atoms with Crippen LogP contribution in [0.1, 0.15) is 29.8 Å². The number of anilines is 1. The van der Waals surface area contributed by atoms with Crippen LogP contribution in [0.15, 0.2) is 65.6 Å². The molecule has 0 aliphatic rings. The van der Waals surface area contributed by atoms with Crippen molar-refractivity contribution in [2.75, 3.05) is 11.9 Å². The molecule has 3 rings (SSSR count). The highest BCUT2D eigenvalue weighted by Crippen LogP contribution is 2.22. The summed E-state index contributed by atoms with van der Waals surface area (Å²) in [5.41, 5.74) is -0.719. The van der Waals surface area contributed by atoms with Crippen LogP contribution in [-0.2, 0) is 5.60 Å². The van der Waals surface area contributed by atoms with Crippen molar-refractivity contribution in [1.29, 1.82) is 0 Å². The molecule has 0 atom stereocenters. The molecule has 0 spiro atoms. The Bertz CT molecular complexity index is 1120. The first kappa shape index (κ1) is 22.1. The molecular formula is C22H21F2N3O4. The van der Waals surface area contributed by atoms with Crippen LogP contribution in [0.4, 0.5) is 14.5 Å². The molecule has 9 heteroatoms. The van der Waals surface area contributed by atoms with Gasteiger partial charge in [-0.05, 0) is 49.7 Å². The number of carbonyl (C=O) groups is 1. The number of amides is 1. The lowest BCUT2D eigenvalue weighted by molar-refractivity contribution is 0.0786. The first-order chi connectivity index (χ1) is 14.7. The molecule has 2 N–H and O–H groups in total. The lowest BCUT2D eigenvalue weighted by atomic mass is 9.98. The van der Waals surface area contributed by atoms with Gasteiger partial charge in [0.25, 0.3) is 17.9 Å². The Morgan fingerprint density at radius 3 is 2.48 bits per heavy atom. The normalized spacial score (nSPS) is 11.4. The highest BCUT2D eigenvalue weighted by molar-refractivity contribution is 6.04. The summed E-state index contributed by atoms with van der Waals surface area (Å²) in [7, 11) is 0. The highest BCUT2D eigenvalue weighted by Gasteiger charge is 2.18. The molecule has 0 saturated carbocycles. The topological polar surface area (TPSA) is 93.5 Å². The summed E-state index contributed by atoms with van der Waals surface area (Å²) in [5, 5.41) is 16.6. The van der Waals surface area contributed by atoms with Gasteiger partial charge in [-0.2, -0.15) is 9.78 Å². The first-order valence-corrected chi connectivity index (χ1v) is 9.40. The average molecular weight is 429 g/mol. The Balaban J connectivity index is 1.88.